The monoisotopic (exact) mass is 640 g/mol. The summed E-state index contributed by atoms with van der Waals surface area (Å²) < 4.78 is 0. The van der Waals surface area contributed by atoms with Crippen molar-refractivity contribution >= 4 is 45.5 Å². The van der Waals surface area contributed by atoms with Gasteiger partial charge in [-0.05, 0) is 35.6 Å². The van der Waals surface area contributed by atoms with Crippen molar-refractivity contribution in [3.05, 3.63) is 90.3 Å². The maximum absolute atomic E-state index is 13.8. The molecule has 0 aliphatic heterocycles. The molecule has 0 bridgehead atoms. The van der Waals surface area contributed by atoms with Crippen LogP contribution in [0.5, 0.6) is 0 Å². The molecular weight excluding hydrogens is 600 g/mol. The Bertz CT molecular complexity index is 1850. The lowest BCUT2D eigenvalue weighted by Crippen LogP contribution is -2.59. The lowest BCUT2D eigenvalue weighted by molar-refractivity contribution is -0.142. The van der Waals surface area contributed by atoms with Gasteiger partial charge in [0.05, 0.1) is 12.4 Å². The van der Waals surface area contributed by atoms with Crippen molar-refractivity contribution in [1.29, 1.82) is 0 Å². The summed E-state index contributed by atoms with van der Waals surface area (Å²) in [5.74, 6) is -3.34. The molecule has 5 aromatic rings. The Balaban J connectivity index is 1.29. The highest BCUT2D eigenvalue weighted by atomic mass is 16.4. The van der Waals surface area contributed by atoms with Gasteiger partial charge in [-0.2, -0.15) is 0 Å². The van der Waals surface area contributed by atoms with Crippen LogP contribution in [0.3, 0.4) is 0 Å². The molecule has 3 heterocycles. The van der Waals surface area contributed by atoms with Crippen molar-refractivity contribution in [2.75, 3.05) is 0 Å². The van der Waals surface area contributed by atoms with Crippen LogP contribution in [0.1, 0.15) is 37.1 Å². The molecule has 5 rings (SSSR count). The standard InChI is InChI=1S/C34H40N8O5/c1-3-19(2)30(33(45)41-29(34(46)47)13-21-16-38-27-11-7-5-9-24(21)27)42-32(44)28(14-22-17-36-18-39-22)40-31(43)25(35)12-20-15-37-26-10-6-4-8-23(20)26/h4-11,15-19,25,28-30,37-38H,3,12-14,35H2,1-2H3,(H,36,39)(H,40,43)(H,41,45)(H,42,44)(H,46,47). The van der Waals surface area contributed by atoms with Crippen molar-refractivity contribution in [3.63, 3.8) is 0 Å². The average molecular weight is 641 g/mol. The molecule has 0 radical (unpaired) electrons. The first-order valence-electron chi connectivity index (χ1n) is 15.6. The number of nitrogens with one attached hydrogen (secondary N) is 6. The van der Waals surface area contributed by atoms with Crippen LogP contribution in [0, 0.1) is 5.92 Å². The molecule has 0 saturated carbocycles. The first kappa shape index (κ1) is 32.9. The molecule has 3 aromatic heterocycles. The van der Waals surface area contributed by atoms with E-state index in [9.17, 15) is 24.3 Å². The number of aromatic amines is 3. The summed E-state index contributed by atoms with van der Waals surface area (Å²) in [5.41, 5.74) is 10.3. The van der Waals surface area contributed by atoms with Gasteiger partial charge in [0.2, 0.25) is 17.7 Å². The number of imidazole rings is 1. The predicted molar refractivity (Wildman–Crippen MR) is 177 cm³/mol. The third-order valence-corrected chi connectivity index (χ3v) is 8.57. The Hall–Kier alpha value is -5.43. The molecular formula is C34H40N8O5. The molecule has 13 heteroatoms. The topological polar surface area (TPSA) is 211 Å². The first-order valence-corrected chi connectivity index (χ1v) is 15.6. The second-order valence-corrected chi connectivity index (χ2v) is 11.8. The molecule has 0 saturated heterocycles. The van der Waals surface area contributed by atoms with Crippen LogP contribution >= 0.6 is 0 Å². The molecule has 0 fully saturated rings. The zero-order valence-corrected chi connectivity index (χ0v) is 26.2. The number of H-pyrrole nitrogens is 3. The molecule has 47 heavy (non-hydrogen) atoms. The molecule has 5 unspecified atom stereocenters. The summed E-state index contributed by atoms with van der Waals surface area (Å²) in [6.45, 7) is 3.66. The van der Waals surface area contributed by atoms with Crippen LogP contribution < -0.4 is 21.7 Å². The molecule has 13 nitrogen and oxygen atoms in total. The van der Waals surface area contributed by atoms with Gasteiger partial charge in [0.25, 0.3) is 0 Å². The molecule has 2 aromatic carbocycles. The summed E-state index contributed by atoms with van der Waals surface area (Å²) >= 11 is 0. The Morgan fingerprint density at radius 3 is 1.96 bits per heavy atom. The van der Waals surface area contributed by atoms with Gasteiger partial charge in [0.1, 0.15) is 18.1 Å². The van der Waals surface area contributed by atoms with E-state index in [1.807, 2.05) is 61.7 Å². The number of nitrogens with zero attached hydrogens (tertiary/aromatic N) is 1. The molecule has 9 N–H and O–H groups in total. The van der Waals surface area contributed by atoms with E-state index in [4.69, 9.17) is 5.73 Å². The number of aliphatic carboxylic acids is 1. The number of para-hydroxylation sites is 2. The zero-order valence-electron chi connectivity index (χ0n) is 26.2. The molecule has 0 spiro atoms. The minimum atomic E-state index is -1.24. The van der Waals surface area contributed by atoms with Crippen LogP contribution in [0.2, 0.25) is 0 Å². The third kappa shape index (κ3) is 7.87. The normalized spacial score (nSPS) is 14.6. The van der Waals surface area contributed by atoms with E-state index >= 15 is 0 Å². The SMILES string of the molecule is CCC(C)C(NC(=O)C(Cc1cnc[nH]1)NC(=O)C(N)Cc1c[nH]c2ccccc12)C(=O)NC(Cc1c[nH]c2ccccc12)C(=O)O. The van der Waals surface area contributed by atoms with Gasteiger partial charge in [0.15, 0.2) is 0 Å². The number of nitrogens with two attached hydrogens (primary N) is 1. The third-order valence-electron chi connectivity index (χ3n) is 8.57. The van der Waals surface area contributed by atoms with Crippen molar-refractivity contribution in [3.8, 4) is 0 Å². The van der Waals surface area contributed by atoms with E-state index in [-0.39, 0.29) is 25.2 Å². The van der Waals surface area contributed by atoms with Crippen molar-refractivity contribution in [2.45, 2.75) is 63.7 Å². The van der Waals surface area contributed by atoms with E-state index in [0.717, 1.165) is 32.9 Å². The number of carbonyl (C=O) groups is 4. The second kappa shape index (κ2) is 14.8. The van der Waals surface area contributed by atoms with E-state index in [0.29, 0.717) is 12.1 Å². The fourth-order valence-electron chi connectivity index (χ4n) is 5.67. The lowest BCUT2D eigenvalue weighted by Gasteiger charge is -2.28. The highest BCUT2D eigenvalue weighted by Crippen LogP contribution is 2.20. The number of hydrogen-bond acceptors (Lipinski definition) is 6. The fourth-order valence-corrected chi connectivity index (χ4v) is 5.67. The Kier molecular flexibility index (Phi) is 10.4. The van der Waals surface area contributed by atoms with Gasteiger partial charge < -0.3 is 41.7 Å². The van der Waals surface area contributed by atoms with E-state index in [1.165, 1.54) is 6.33 Å². The number of carbonyl (C=O) groups excluding carboxylic acids is 3. The zero-order chi connectivity index (χ0) is 33.5. The van der Waals surface area contributed by atoms with Gasteiger partial charge in [0, 0.05) is 58.9 Å². The van der Waals surface area contributed by atoms with Gasteiger partial charge in [-0.25, -0.2) is 9.78 Å². The molecule has 5 atom stereocenters. The Labute approximate surface area is 271 Å². The molecule has 0 aliphatic carbocycles. The lowest BCUT2D eigenvalue weighted by atomic mass is 9.96. The number of carboxylic acids is 1. The smallest absolute Gasteiger partial charge is 0.326 e. The minimum absolute atomic E-state index is 0.0408. The number of rotatable bonds is 15. The van der Waals surface area contributed by atoms with Crippen LogP contribution in [-0.4, -0.2) is 72.9 Å². The largest absolute Gasteiger partial charge is 0.480 e. The summed E-state index contributed by atoms with van der Waals surface area (Å²) in [4.78, 5) is 66.2. The summed E-state index contributed by atoms with van der Waals surface area (Å²) in [7, 11) is 0. The van der Waals surface area contributed by atoms with Crippen LogP contribution in [-0.2, 0) is 38.4 Å². The summed E-state index contributed by atoms with van der Waals surface area (Å²) in [6, 6.07) is 10.8. The summed E-state index contributed by atoms with van der Waals surface area (Å²) in [5, 5.41) is 20.0. The van der Waals surface area contributed by atoms with Crippen molar-refractivity contribution in [1.82, 2.24) is 35.9 Å². The first-order chi connectivity index (χ1) is 22.6. The molecule has 246 valence electrons. The van der Waals surface area contributed by atoms with Crippen molar-refractivity contribution < 1.29 is 24.3 Å². The van der Waals surface area contributed by atoms with Crippen LogP contribution in [0.15, 0.2) is 73.4 Å². The number of benzene rings is 2. The van der Waals surface area contributed by atoms with E-state index in [2.05, 4.69) is 35.9 Å². The number of hydrogen-bond donors (Lipinski definition) is 8. The fraction of sp³-hybridized carbons (Fsp3) is 0.324. The quantitative estimate of drug-likeness (QED) is 0.0855. The number of amides is 3. The van der Waals surface area contributed by atoms with Gasteiger partial charge in [-0.3, -0.25) is 14.4 Å². The average Bonchev–Trinajstić information content (AvgIpc) is 3.83. The maximum atomic E-state index is 13.8. The van der Waals surface area contributed by atoms with Gasteiger partial charge in [-0.15, -0.1) is 0 Å². The minimum Gasteiger partial charge on any atom is -0.480 e. The van der Waals surface area contributed by atoms with E-state index in [1.54, 1.807) is 19.3 Å². The summed E-state index contributed by atoms with van der Waals surface area (Å²) in [6.07, 6.45) is 7.40. The van der Waals surface area contributed by atoms with Gasteiger partial charge >= 0.3 is 5.97 Å². The molecule has 3 amide bonds. The van der Waals surface area contributed by atoms with Crippen molar-refractivity contribution in [2.24, 2.45) is 11.7 Å². The maximum Gasteiger partial charge on any atom is 0.326 e. The predicted octanol–water partition coefficient (Wildman–Crippen LogP) is 2.31. The molecule has 0 aliphatic rings. The highest BCUT2D eigenvalue weighted by molar-refractivity contribution is 5.95. The Morgan fingerprint density at radius 1 is 0.787 bits per heavy atom. The number of fused-ring (bicyclic) bond motifs is 2. The van der Waals surface area contributed by atoms with E-state index < -0.39 is 47.9 Å². The highest BCUT2D eigenvalue weighted by Gasteiger charge is 2.33. The Morgan fingerprint density at radius 2 is 1.38 bits per heavy atom. The number of carboxylic acid groups (broad SMARTS) is 1. The second-order valence-electron chi connectivity index (χ2n) is 11.8. The van der Waals surface area contributed by atoms with Crippen LogP contribution in [0.25, 0.3) is 21.8 Å². The van der Waals surface area contributed by atoms with Gasteiger partial charge in [-0.1, -0.05) is 56.7 Å². The van der Waals surface area contributed by atoms with Crippen LogP contribution in [0.4, 0.5) is 0 Å². The number of aromatic nitrogens is 4.